The molecule has 7 nitrogen and oxygen atoms in total. The zero-order valence-electron chi connectivity index (χ0n) is 15.7. The molecule has 8 heteroatoms. The molecule has 144 valence electrons. The molecule has 0 aliphatic carbocycles. The van der Waals surface area contributed by atoms with E-state index in [4.69, 9.17) is 0 Å². The lowest BCUT2D eigenvalue weighted by molar-refractivity contribution is 0.0940. The summed E-state index contributed by atoms with van der Waals surface area (Å²) in [7, 11) is -3.04. The predicted octanol–water partition coefficient (Wildman–Crippen LogP) is 2.57. The van der Waals surface area contributed by atoms with E-state index in [1.165, 1.54) is 18.0 Å². The molecule has 1 aromatic heterocycles. The highest BCUT2D eigenvalue weighted by atomic mass is 32.2. The first kappa shape index (κ1) is 19.3. The molecule has 1 aliphatic rings. The van der Waals surface area contributed by atoms with Gasteiger partial charge >= 0.3 is 0 Å². The molecule has 0 bridgehead atoms. The number of hydrogen-bond donors (Lipinski definition) is 2. The summed E-state index contributed by atoms with van der Waals surface area (Å²) in [6.07, 6.45) is 3.34. The third-order valence-electron chi connectivity index (χ3n) is 4.65. The van der Waals surface area contributed by atoms with Crippen LogP contribution in [-0.2, 0) is 9.84 Å². The Kier molecular flexibility index (Phi) is 5.46. The highest BCUT2D eigenvalue weighted by molar-refractivity contribution is 7.91. The molecular formula is C19H24N4O3S. The number of carbonyl (C=O) groups is 1. The minimum absolute atomic E-state index is 0.00943. The van der Waals surface area contributed by atoms with Crippen molar-refractivity contribution in [1.29, 1.82) is 0 Å². The summed E-state index contributed by atoms with van der Waals surface area (Å²) in [6, 6.07) is 5.76. The minimum Gasteiger partial charge on any atom is -0.348 e. The van der Waals surface area contributed by atoms with Crippen LogP contribution in [0.25, 0.3) is 0 Å². The standard InChI is InChI=1S/C19H24N4O3S/c1-12(2)16-6-4-5-13(3)17(16)23-19-20-9-14(10-21-19)18(24)22-15-7-8-27(25,26)11-15/h4-6,9-10,12,15H,7-8,11H2,1-3H3,(H,22,24)(H,20,21,23). The molecule has 2 aromatic rings. The monoisotopic (exact) mass is 388 g/mol. The Morgan fingerprint density at radius 2 is 1.93 bits per heavy atom. The molecule has 2 N–H and O–H groups in total. The van der Waals surface area contributed by atoms with Crippen molar-refractivity contribution >= 4 is 27.4 Å². The molecule has 3 rings (SSSR count). The molecule has 1 saturated heterocycles. The lowest BCUT2D eigenvalue weighted by Crippen LogP contribution is -2.35. The van der Waals surface area contributed by atoms with Crippen LogP contribution < -0.4 is 10.6 Å². The van der Waals surface area contributed by atoms with Crippen LogP contribution in [0.3, 0.4) is 0 Å². The second-order valence-electron chi connectivity index (χ2n) is 7.19. The van der Waals surface area contributed by atoms with E-state index < -0.39 is 9.84 Å². The van der Waals surface area contributed by atoms with Crippen molar-refractivity contribution in [3.05, 3.63) is 47.3 Å². The first-order chi connectivity index (χ1) is 12.7. The maximum Gasteiger partial charge on any atom is 0.254 e. The molecule has 27 heavy (non-hydrogen) atoms. The van der Waals surface area contributed by atoms with Gasteiger partial charge in [0.2, 0.25) is 5.95 Å². The van der Waals surface area contributed by atoms with Crippen LogP contribution in [0.15, 0.2) is 30.6 Å². The van der Waals surface area contributed by atoms with Gasteiger partial charge in [0, 0.05) is 24.1 Å². The van der Waals surface area contributed by atoms with Crippen LogP contribution >= 0.6 is 0 Å². The van der Waals surface area contributed by atoms with E-state index in [0.29, 0.717) is 23.9 Å². The molecule has 0 spiro atoms. The van der Waals surface area contributed by atoms with E-state index in [1.54, 1.807) is 0 Å². The molecule has 1 unspecified atom stereocenters. The van der Waals surface area contributed by atoms with Crippen LogP contribution in [0.2, 0.25) is 0 Å². The average Bonchev–Trinajstić information content (AvgIpc) is 2.95. The molecule has 2 heterocycles. The van der Waals surface area contributed by atoms with Crippen LogP contribution in [0.5, 0.6) is 0 Å². The number of hydrogen-bond acceptors (Lipinski definition) is 6. The van der Waals surface area contributed by atoms with Crippen LogP contribution in [-0.4, -0.2) is 41.8 Å². The topological polar surface area (TPSA) is 101 Å². The second kappa shape index (κ2) is 7.64. The number of benzene rings is 1. The Balaban J connectivity index is 1.70. The summed E-state index contributed by atoms with van der Waals surface area (Å²) >= 11 is 0. The van der Waals surface area contributed by atoms with Crippen molar-refractivity contribution < 1.29 is 13.2 Å². The number of aromatic nitrogens is 2. The molecule has 1 aliphatic heterocycles. The van der Waals surface area contributed by atoms with Gasteiger partial charge in [-0.25, -0.2) is 18.4 Å². The zero-order valence-corrected chi connectivity index (χ0v) is 16.5. The quantitative estimate of drug-likeness (QED) is 0.816. The molecule has 1 atom stereocenters. The summed E-state index contributed by atoms with van der Waals surface area (Å²) in [6.45, 7) is 6.26. The molecule has 0 saturated carbocycles. The van der Waals surface area contributed by atoms with Gasteiger partial charge < -0.3 is 10.6 Å². The van der Waals surface area contributed by atoms with Crippen molar-refractivity contribution in [1.82, 2.24) is 15.3 Å². The van der Waals surface area contributed by atoms with E-state index in [9.17, 15) is 13.2 Å². The summed E-state index contributed by atoms with van der Waals surface area (Å²) in [5, 5.41) is 5.97. The van der Waals surface area contributed by atoms with Crippen LogP contribution in [0.4, 0.5) is 11.6 Å². The SMILES string of the molecule is Cc1cccc(C(C)C)c1Nc1ncc(C(=O)NC2CCS(=O)(=O)C2)cn1. The second-order valence-corrected chi connectivity index (χ2v) is 9.42. The van der Waals surface area contributed by atoms with Crippen LogP contribution in [0.1, 0.15) is 47.7 Å². The largest absolute Gasteiger partial charge is 0.348 e. The van der Waals surface area contributed by atoms with Gasteiger partial charge in [-0.15, -0.1) is 0 Å². The average molecular weight is 388 g/mol. The number of nitrogens with zero attached hydrogens (tertiary/aromatic N) is 2. The minimum atomic E-state index is -3.04. The van der Waals surface area contributed by atoms with E-state index in [0.717, 1.165) is 11.3 Å². The zero-order chi connectivity index (χ0) is 19.6. The Morgan fingerprint density at radius 1 is 1.22 bits per heavy atom. The number of sulfone groups is 1. The lowest BCUT2D eigenvalue weighted by atomic mass is 9.98. The van der Waals surface area contributed by atoms with E-state index in [1.807, 2.05) is 19.1 Å². The van der Waals surface area contributed by atoms with E-state index in [-0.39, 0.29) is 23.5 Å². The third kappa shape index (κ3) is 4.63. The van der Waals surface area contributed by atoms with Gasteiger partial charge in [0.25, 0.3) is 5.91 Å². The number of anilines is 2. The third-order valence-corrected chi connectivity index (χ3v) is 6.41. The molecule has 1 amide bonds. The summed E-state index contributed by atoms with van der Waals surface area (Å²) < 4.78 is 23.0. The molecule has 1 fully saturated rings. The molecule has 1 aromatic carbocycles. The Bertz CT molecular complexity index is 940. The fourth-order valence-corrected chi connectivity index (χ4v) is 4.81. The predicted molar refractivity (Wildman–Crippen MR) is 105 cm³/mol. The van der Waals surface area contributed by atoms with E-state index in [2.05, 4.69) is 40.5 Å². The number of carbonyl (C=O) groups excluding carboxylic acids is 1. The maximum atomic E-state index is 12.3. The molecular weight excluding hydrogens is 364 g/mol. The molecule has 0 radical (unpaired) electrons. The summed E-state index contributed by atoms with van der Waals surface area (Å²) in [4.78, 5) is 20.7. The number of para-hydroxylation sites is 1. The number of aryl methyl sites for hydroxylation is 1. The summed E-state index contributed by atoms with van der Waals surface area (Å²) in [5.74, 6) is 0.505. The fourth-order valence-electron chi connectivity index (χ4n) is 3.14. The smallest absolute Gasteiger partial charge is 0.254 e. The van der Waals surface area contributed by atoms with Gasteiger partial charge in [-0.1, -0.05) is 32.0 Å². The van der Waals surface area contributed by atoms with Crippen molar-refractivity contribution in [3.8, 4) is 0 Å². The maximum absolute atomic E-state index is 12.3. The summed E-state index contributed by atoms with van der Waals surface area (Å²) in [5.41, 5.74) is 3.54. The highest BCUT2D eigenvalue weighted by Gasteiger charge is 2.29. The Hall–Kier alpha value is -2.48. The normalized spacial score (nSPS) is 18.4. The fraction of sp³-hybridized carbons (Fsp3) is 0.421. The van der Waals surface area contributed by atoms with Gasteiger partial charge in [0.05, 0.1) is 17.1 Å². The first-order valence-corrected chi connectivity index (χ1v) is 10.8. The van der Waals surface area contributed by atoms with Gasteiger partial charge in [0.1, 0.15) is 0 Å². The Labute approximate surface area is 159 Å². The van der Waals surface area contributed by atoms with Crippen LogP contribution in [0, 0.1) is 6.92 Å². The van der Waals surface area contributed by atoms with Crippen molar-refractivity contribution in [3.63, 3.8) is 0 Å². The van der Waals surface area contributed by atoms with Gasteiger partial charge in [-0.3, -0.25) is 4.79 Å². The number of nitrogens with one attached hydrogen (secondary N) is 2. The van der Waals surface area contributed by atoms with Gasteiger partial charge in [-0.05, 0) is 30.4 Å². The van der Waals surface area contributed by atoms with Crippen molar-refractivity contribution in [2.45, 2.75) is 39.2 Å². The van der Waals surface area contributed by atoms with Gasteiger partial charge in [-0.2, -0.15) is 0 Å². The number of amides is 1. The van der Waals surface area contributed by atoms with Gasteiger partial charge in [0.15, 0.2) is 9.84 Å². The highest BCUT2D eigenvalue weighted by Crippen LogP contribution is 2.29. The number of rotatable bonds is 5. The lowest BCUT2D eigenvalue weighted by Gasteiger charge is -2.16. The van der Waals surface area contributed by atoms with Crippen molar-refractivity contribution in [2.75, 3.05) is 16.8 Å². The van der Waals surface area contributed by atoms with Crippen molar-refractivity contribution in [2.24, 2.45) is 0 Å². The first-order valence-electron chi connectivity index (χ1n) is 8.95. The van der Waals surface area contributed by atoms with E-state index >= 15 is 0 Å². The Morgan fingerprint density at radius 3 is 2.52 bits per heavy atom.